The van der Waals surface area contributed by atoms with Gasteiger partial charge in [0.05, 0.1) is 18.3 Å². The van der Waals surface area contributed by atoms with Crippen LogP contribution in [0.4, 0.5) is 4.79 Å². The summed E-state index contributed by atoms with van der Waals surface area (Å²) in [4.78, 5) is 63.1. The standard InChI is InChI=1S/C39H48N4O7S/c1-10-24-21-39(24,35(46)47)41-33(44)30-19-26(22-43(30)34(45)32(37(2,3)4)42(8)36(48)50-38(5,6)7)51-31-20-28(23-14-12-11-13-15-23)40-29-18-25(49-9)16-17-27(29)31/h10-18,20,24,26,30,32H,1,19,21-22H2,2-9H3,(H,41,44)(H,46,47)/t24-,26+,30-,32+,39?/m0/s1. The quantitative estimate of drug-likeness (QED) is 0.228. The van der Waals surface area contributed by atoms with Crippen LogP contribution in [0.15, 0.2) is 72.1 Å². The van der Waals surface area contributed by atoms with Gasteiger partial charge in [-0.15, -0.1) is 18.3 Å². The van der Waals surface area contributed by atoms with Crippen molar-refractivity contribution in [3.63, 3.8) is 0 Å². The van der Waals surface area contributed by atoms with Gasteiger partial charge in [0.2, 0.25) is 11.8 Å². The molecule has 272 valence electrons. The molecule has 2 fully saturated rings. The third kappa shape index (κ3) is 8.01. The minimum Gasteiger partial charge on any atom is -0.497 e. The predicted octanol–water partition coefficient (Wildman–Crippen LogP) is 6.40. The van der Waals surface area contributed by atoms with Gasteiger partial charge in [0.25, 0.3) is 0 Å². The van der Waals surface area contributed by atoms with Gasteiger partial charge in [0.1, 0.15) is 29.0 Å². The van der Waals surface area contributed by atoms with E-state index in [1.165, 1.54) is 34.7 Å². The van der Waals surface area contributed by atoms with Crippen molar-refractivity contribution >= 4 is 46.5 Å². The van der Waals surface area contributed by atoms with Gasteiger partial charge >= 0.3 is 12.1 Å². The molecule has 51 heavy (non-hydrogen) atoms. The van der Waals surface area contributed by atoms with Crippen LogP contribution in [-0.2, 0) is 19.1 Å². The topological polar surface area (TPSA) is 138 Å². The minimum absolute atomic E-state index is 0.182. The van der Waals surface area contributed by atoms with Crippen LogP contribution in [0.1, 0.15) is 54.4 Å². The first-order chi connectivity index (χ1) is 23.9. The Morgan fingerprint density at radius 3 is 2.35 bits per heavy atom. The number of carbonyl (C=O) groups is 4. The molecule has 0 radical (unpaired) electrons. The van der Waals surface area contributed by atoms with Crippen LogP contribution in [-0.4, -0.2) is 92.9 Å². The molecule has 1 aliphatic heterocycles. The van der Waals surface area contributed by atoms with Crippen LogP contribution in [0, 0.1) is 11.3 Å². The molecule has 2 N–H and O–H groups in total. The number of fused-ring (bicyclic) bond motifs is 1. The Hall–Kier alpha value is -4.58. The number of pyridine rings is 1. The summed E-state index contributed by atoms with van der Waals surface area (Å²) in [5.41, 5.74) is -0.575. The van der Waals surface area contributed by atoms with E-state index in [9.17, 15) is 24.3 Å². The van der Waals surface area contributed by atoms with Crippen LogP contribution in [0.5, 0.6) is 5.75 Å². The van der Waals surface area contributed by atoms with Crippen molar-refractivity contribution in [1.82, 2.24) is 20.1 Å². The summed E-state index contributed by atoms with van der Waals surface area (Å²) >= 11 is 1.54. The van der Waals surface area contributed by atoms with Gasteiger partial charge in [-0.25, -0.2) is 14.6 Å². The molecule has 12 heteroatoms. The monoisotopic (exact) mass is 716 g/mol. The van der Waals surface area contributed by atoms with Gasteiger partial charge in [0.15, 0.2) is 0 Å². The lowest BCUT2D eigenvalue weighted by Crippen LogP contribution is -2.59. The molecule has 5 atom stereocenters. The van der Waals surface area contributed by atoms with E-state index in [1.54, 1.807) is 27.9 Å². The molecule has 1 unspecified atom stereocenters. The molecule has 3 amide bonds. The van der Waals surface area contributed by atoms with Crippen LogP contribution in [0.3, 0.4) is 0 Å². The van der Waals surface area contributed by atoms with E-state index in [4.69, 9.17) is 14.5 Å². The normalized spacial score (nSPS) is 22.2. The van der Waals surface area contributed by atoms with E-state index in [2.05, 4.69) is 11.9 Å². The smallest absolute Gasteiger partial charge is 0.410 e. The first-order valence-corrected chi connectivity index (χ1v) is 17.9. The summed E-state index contributed by atoms with van der Waals surface area (Å²) in [7, 11) is 3.13. The van der Waals surface area contributed by atoms with Crippen molar-refractivity contribution in [2.75, 3.05) is 20.7 Å². The zero-order chi connectivity index (χ0) is 37.5. The Bertz CT molecular complexity index is 1840. The Morgan fingerprint density at radius 1 is 1.10 bits per heavy atom. The Balaban J connectivity index is 1.53. The number of benzene rings is 2. The fourth-order valence-electron chi connectivity index (χ4n) is 6.74. The first-order valence-electron chi connectivity index (χ1n) is 17.0. The molecule has 3 aromatic rings. The molecule has 2 aromatic carbocycles. The van der Waals surface area contributed by atoms with E-state index in [0.717, 1.165) is 27.1 Å². The number of likely N-dealkylation sites (tertiary alicyclic amines) is 1. The number of carboxylic acid groups (broad SMARTS) is 1. The van der Waals surface area contributed by atoms with E-state index >= 15 is 0 Å². The van der Waals surface area contributed by atoms with Crippen molar-refractivity contribution in [2.24, 2.45) is 11.3 Å². The summed E-state index contributed by atoms with van der Waals surface area (Å²) in [5.74, 6) is -1.88. The van der Waals surface area contributed by atoms with Gasteiger partial charge in [-0.1, -0.05) is 57.2 Å². The third-order valence-electron chi connectivity index (χ3n) is 9.34. The van der Waals surface area contributed by atoms with Gasteiger partial charge in [0, 0.05) is 46.7 Å². The SMILES string of the molecule is C=C[C@H]1CC1(NC(=O)[C@@H]1C[C@@H](Sc2cc(-c3ccccc3)nc3cc(OC)ccc23)CN1C(=O)[C@@H](N(C)C(=O)OC(C)(C)C)C(C)(C)C)C(=O)O. The fourth-order valence-corrected chi connectivity index (χ4v) is 8.10. The minimum atomic E-state index is -1.47. The molecule has 0 bridgehead atoms. The highest BCUT2D eigenvalue weighted by Gasteiger charge is 2.61. The first kappa shape index (κ1) is 37.7. The number of aromatic nitrogens is 1. The van der Waals surface area contributed by atoms with Crippen LogP contribution < -0.4 is 10.1 Å². The van der Waals surface area contributed by atoms with Crippen LogP contribution in [0.2, 0.25) is 0 Å². The van der Waals surface area contributed by atoms with Gasteiger partial charge < -0.3 is 24.8 Å². The molecule has 11 nitrogen and oxygen atoms in total. The van der Waals surface area contributed by atoms with Gasteiger partial charge in [-0.05, 0) is 57.2 Å². The molecule has 5 rings (SSSR count). The van der Waals surface area contributed by atoms with Gasteiger partial charge in [-0.3, -0.25) is 14.5 Å². The highest BCUT2D eigenvalue weighted by Crippen LogP contribution is 2.46. The van der Waals surface area contributed by atoms with E-state index in [-0.39, 0.29) is 24.6 Å². The van der Waals surface area contributed by atoms with Gasteiger partial charge in [-0.2, -0.15) is 0 Å². The second kappa shape index (κ2) is 14.2. The summed E-state index contributed by atoms with van der Waals surface area (Å²) in [6, 6.07) is 15.5. The van der Waals surface area contributed by atoms with Crippen LogP contribution >= 0.6 is 11.8 Å². The van der Waals surface area contributed by atoms with E-state index in [0.29, 0.717) is 5.75 Å². The Kier molecular flexibility index (Phi) is 10.5. The van der Waals surface area contributed by atoms with Crippen molar-refractivity contribution < 1.29 is 33.8 Å². The molecule has 0 spiro atoms. The zero-order valence-electron chi connectivity index (χ0n) is 30.6. The molecule has 1 saturated heterocycles. The molecular formula is C39H48N4O7S. The zero-order valence-corrected chi connectivity index (χ0v) is 31.4. The lowest BCUT2D eigenvalue weighted by molar-refractivity contribution is -0.147. The molecular weight excluding hydrogens is 669 g/mol. The lowest BCUT2D eigenvalue weighted by Gasteiger charge is -2.40. The number of hydrogen-bond acceptors (Lipinski definition) is 8. The molecule has 1 aliphatic carbocycles. The summed E-state index contributed by atoms with van der Waals surface area (Å²) in [6.07, 6.45) is 1.34. The number of amides is 3. The number of nitrogens with one attached hydrogen (secondary N) is 1. The van der Waals surface area contributed by atoms with Crippen LogP contribution in [0.25, 0.3) is 22.2 Å². The van der Waals surface area contributed by atoms with Crippen molar-refractivity contribution in [3.05, 3.63) is 67.3 Å². The maximum atomic E-state index is 14.7. The molecule has 2 aliphatic rings. The number of rotatable bonds is 10. The van der Waals surface area contributed by atoms with E-state index in [1.807, 2.05) is 75.4 Å². The summed E-state index contributed by atoms with van der Waals surface area (Å²) in [5, 5.41) is 13.5. The Labute approximate surface area is 303 Å². The number of aliphatic carboxylic acids is 1. The summed E-state index contributed by atoms with van der Waals surface area (Å²) < 4.78 is 11.1. The average Bonchev–Trinajstić information content (AvgIpc) is 3.62. The predicted molar refractivity (Wildman–Crippen MR) is 198 cm³/mol. The number of thioether (sulfide) groups is 1. The molecule has 1 saturated carbocycles. The number of methoxy groups -OCH3 is 1. The maximum absolute atomic E-state index is 14.7. The van der Waals surface area contributed by atoms with Crippen molar-refractivity contribution in [1.29, 1.82) is 0 Å². The van der Waals surface area contributed by atoms with Crippen molar-refractivity contribution in [2.45, 2.75) is 87.8 Å². The number of hydrogen-bond donors (Lipinski definition) is 2. The number of carboxylic acids is 1. The largest absolute Gasteiger partial charge is 0.497 e. The fraction of sp³-hybridized carbons (Fsp3) is 0.462. The van der Waals surface area contributed by atoms with E-state index < -0.39 is 58.4 Å². The number of carbonyl (C=O) groups excluding carboxylic acids is 3. The number of nitrogens with zero attached hydrogens (tertiary/aromatic N) is 3. The Morgan fingerprint density at radius 2 is 1.78 bits per heavy atom. The maximum Gasteiger partial charge on any atom is 0.410 e. The third-order valence-corrected chi connectivity index (χ3v) is 10.6. The number of ether oxygens (including phenoxy) is 2. The average molecular weight is 717 g/mol. The molecule has 2 heterocycles. The second-order valence-corrected chi connectivity index (χ2v) is 16.8. The number of likely N-dealkylation sites (N-methyl/N-ethyl adjacent to an activating group) is 1. The van der Waals surface area contributed by atoms with Crippen molar-refractivity contribution in [3.8, 4) is 17.0 Å². The summed E-state index contributed by atoms with van der Waals surface area (Å²) in [6.45, 7) is 14.8. The lowest BCUT2D eigenvalue weighted by atomic mass is 9.84. The highest BCUT2D eigenvalue weighted by molar-refractivity contribution is 8.00. The highest BCUT2D eigenvalue weighted by atomic mass is 32.2. The molecule has 1 aromatic heterocycles. The second-order valence-electron chi connectivity index (χ2n) is 15.4.